The lowest BCUT2D eigenvalue weighted by atomic mass is 10.1. The van der Waals surface area contributed by atoms with E-state index in [1.54, 1.807) is 0 Å². The van der Waals surface area contributed by atoms with Crippen LogP contribution < -0.4 is 16.4 Å². The lowest BCUT2D eigenvalue weighted by Crippen LogP contribution is -2.39. The van der Waals surface area contributed by atoms with Gasteiger partial charge in [-0.3, -0.25) is 9.59 Å². The molecule has 0 unspecified atom stereocenters. The fraction of sp³-hybridized carbons (Fsp3) is 0.333. The summed E-state index contributed by atoms with van der Waals surface area (Å²) in [4.78, 5) is 22.9. The van der Waals surface area contributed by atoms with Crippen LogP contribution in [-0.2, 0) is 11.0 Å². The molecular weight excluding hydrogens is 275 g/mol. The summed E-state index contributed by atoms with van der Waals surface area (Å²) in [6.45, 7) is 0.0511. The van der Waals surface area contributed by atoms with Crippen LogP contribution in [0.1, 0.15) is 15.9 Å². The van der Waals surface area contributed by atoms with E-state index in [0.717, 1.165) is 12.1 Å². The van der Waals surface area contributed by atoms with Crippen molar-refractivity contribution < 1.29 is 22.8 Å². The van der Waals surface area contributed by atoms with Crippen molar-refractivity contribution in [2.45, 2.75) is 6.18 Å². The van der Waals surface area contributed by atoms with Gasteiger partial charge in [0.25, 0.3) is 5.91 Å². The van der Waals surface area contributed by atoms with Crippen molar-refractivity contribution in [1.82, 2.24) is 10.6 Å². The van der Waals surface area contributed by atoms with Gasteiger partial charge in [-0.1, -0.05) is 12.1 Å². The van der Waals surface area contributed by atoms with Gasteiger partial charge in [-0.25, -0.2) is 0 Å². The molecule has 0 saturated heterocycles. The first-order valence-electron chi connectivity index (χ1n) is 5.77. The molecule has 1 aromatic rings. The van der Waals surface area contributed by atoms with E-state index in [9.17, 15) is 22.8 Å². The molecule has 0 spiro atoms. The summed E-state index contributed by atoms with van der Waals surface area (Å²) in [6, 6.07) is 4.37. The molecule has 0 saturated carbocycles. The van der Waals surface area contributed by atoms with Gasteiger partial charge >= 0.3 is 6.18 Å². The average Bonchev–Trinajstić information content (AvgIpc) is 2.41. The van der Waals surface area contributed by atoms with Crippen LogP contribution in [0, 0.1) is 0 Å². The van der Waals surface area contributed by atoms with E-state index in [1.165, 1.54) is 12.1 Å². The van der Waals surface area contributed by atoms with Gasteiger partial charge in [-0.05, 0) is 12.1 Å². The zero-order chi connectivity index (χ0) is 15.2. The minimum atomic E-state index is -4.63. The highest BCUT2D eigenvalue weighted by molar-refractivity contribution is 5.97. The van der Waals surface area contributed by atoms with Gasteiger partial charge in [0.15, 0.2) is 0 Å². The van der Waals surface area contributed by atoms with Crippen LogP contribution >= 0.6 is 0 Å². The van der Waals surface area contributed by atoms with Crippen LogP contribution in [0.15, 0.2) is 24.3 Å². The monoisotopic (exact) mass is 289 g/mol. The fourth-order valence-corrected chi connectivity index (χ4v) is 1.46. The second-order valence-corrected chi connectivity index (χ2v) is 3.86. The lowest BCUT2D eigenvalue weighted by molar-refractivity contribution is -0.137. The molecule has 5 nitrogen and oxygen atoms in total. The molecule has 0 heterocycles. The number of hydrogen-bond acceptors (Lipinski definition) is 3. The minimum absolute atomic E-state index is 0.230. The molecule has 0 aliphatic heterocycles. The Morgan fingerprint density at radius 2 is 1.80 bits per heavy atom. The van der Waals surface area contributed by atoms with Crippen molar-refractivity contribution in [3.63, 3.8) is 0 Å². The summed E-state index contributed by atoms with van der Waals surface area (Å²) in [5.41, 5.74) is 3.60. The Labute approximate surface area is 113 Å². The van der Waals surface area contributed by atoms with Gasteiger partial charge < -0.3 is 16.4 Å². The van der Waals surface area contributed by atoms with Crippen LogP contribution in [-0.4, -0.2) is 31.4 Å². The standard InChI is InChI=1S/C12H14F3N3O2/c13-12(14,15)9-4-2-1-3-8(9)11(20)18-7-10(19)17-6-5-16/h1-4H,5-7,16H2,(H,17,19)(H,18,20). The molecule has 2 amide bonds. The van der Waals surface area contributed by atoms with E-state index in [0.29, 0.717) is 0 Å². The summed E-state index contributed by atoms with van der Waals surface area (Å²) in [7, 11) is 0. The smallest absolute Gasteiger partial charge is 0.353 e. The molecular formula is C12H14F3N3O2. The maximum Gasteiger partial charge on any atom is 0.417 e. The van der Waals surface area contributed by atoms with Crippen molar-refractivity contribution in [2.24, 2.45) is 5.73 Å². The lowest BCUT2D eigenvalue weighted by Gasteiger charge is -2.12. The number of hydrogen-bond donors (Lipinski definition) is 3. The molecule has 8 heteroatoms. The quantitative estimate of drug-likeness (QED) is 0.738. The molecule has 4 N–H and O–H groups in total. The van der Waals surface area contributed by atoms with E-state index in [4.69, 9.17) is 5.73 Å². The second-order valence-electron chi connectivity index (χ2n) is 3.86. The third kappa shape index (κ3) is 4.54. The number of carbonyl (C=O) groups excluding carboxylic acids is 2. The van der Waals surface area contributed by atoms with Crippen LogP contribution in [0.5, 0.6) is 0 Å². The number of carbonyl (C=O) groups is 2. The fourth-order valence-electron chi connectivity index (χ4n) is 1.46. The van der Waals surface area contributed by atoms with Gasteiger partial charge in [0.05, 0.1) is 17.7 Å². The highest BCUT2D eigenvalue weighted by Gasteiger charge is 2.34. The molecule has 0 aliphatic rings. The van der Waals surface area contributed by atoms with E-state index < -0.39 is 35.7 Å². The van der Waals surface area contributed by atoms with Crippen LogP contribution in [0.3, 0.4) is 0 Å². The molecule has 0 aromatic heterocycles. The molecule has 0 fully saturated rings. The molecule has 0 aliphatic carbocycles. The van der Waals surface area contributed by atoms with E-state index in [2.05, 4.69) is 10.6 Å². The summed E-state index contributed by atoms with van der Waals surface area (Å²) in [6.07, 6.45) is -4.63. The summed E-state index contributed by atoms with van der Waals surface area (Å²) in [5.74, 6) is -1.48. The first kappa shape index (κ1) is 16.0. The van der Waals surface area contributed by atoms with E-state index in [-0.39, 0.29) is 13.1 Å². The second kappa shape index (κ2) is 6.90. The Hall–Kier alpha value is -2.09. The highest BCUT2D eigenvalue weighted by atomic mass is 19.4. The van der Waals surface area contributed by atoms with Crippen LogP contribution in [0.4, 0.5) is 13.2 Å². The molecule has 1 rings (SSSR count). The van der Waals surface area contributed by atoms with Gasteiger partial charge in [0.2, 0.25) is 5.91 Å². The van der Waals surface area contributed by atoms with Crippen molar-refractivity contribution in [3.05, 3.63) is 35.4 Å². The number of amides is 2. The Morgan fingerprint density at radius 1 is 1.15 bits per heavy atom. The van der Waals surface area contributed by atoms with Gasteiger partial charge in [0.1, 0.15) is 0 Å². The van der Waals surface area contributed by atoms with Crippen molar-refractivity contribution >= 4 is 11.8 Å². The van der Waals surface area contributed by atoms with Gasteiger partial charge in [-0.2, -0.15) is 13.2 Å². The number of nitrogens with one attached hydrogen (secondary N) is 2. The zero-order valence-corrected chi connectivity index (χ0v) is 10.5. The number of benzene rings is 1. The Balaban J connectivity index is 2.71. The summed E-state index contributed by atoms with van der Waals surface area (Å²) < 4.78 is 38.1. The number of halogens is 3. The van der Waals surface area contributed by atoms with Crippen molar-refractivity contribution in [3.8, 4) is 0 Å². The third-order valence-corrected chi connectivity index (χ3v) is 2.35. The highest BCUT2D eigenvalue weighted by Crippen LogP contribution is 2.31. The predicted octanol–water partition coefficient (Wildman–Crippen LogP) is 0.510. The molecule has 110 valence electrons. The maximum atomic E-state index is 12.7. The summed E-state index contributed by atoms with van der Waals surface area (Å²) >= 11 is 0. The van der Waals surface area contributed by atoms with Crippen molar-refractivity contribution in [1.29, 1.82) is 0 Å². The zero-order valence-electron chi connectivity index (χ0n) is 10.5. The minimum Gasteiger partial charge on any atom is -0.353 e. The molecule has 0 atom stereocenters. The van der Waals surface area contributed by atoms with Gasteiger partial charge in [-0.15, -0.1) is 0 Å². The molecule has 0 radical (unpaired) electrons. The molecule has 20 heavy (non-hydrogen) atoms. The predicted molar refractivity (Wildman–Crippen MR) is 65.8 cm³/mol. The first-order valence-corrected chi connectivity index (χ1v) is 5.77. The molecule has 0 bridgehead atoms. The summed E-state index contributed by atoms with van der Waals surface area (Å²) in [5, 5.41) is 4.51. The average molecular weight is 289 g/mol. The van der Waals surface area contributed by atoms with Crippen LogP contribution in [0.2, 0.25) is 0 Å². The number of nitrogens with two attached hydrogens (primary N) is 1. The SMILES string of the molecule is NCCNC(=O)CNC(=O)c1ccccc1C(F)(F)F. The van der Waals surface area contributed by atoms with Crippen LogP contribution in [0.25, 0.3) is 0 Å². The Kier molecular flexibility index (Phi) is 5.51. The van der Waals surface area contributed by atoms with E-state index in [1.807, 2.05) is 0 Å². The third-order valence-electron chi connectivity index (χ3n) is 2.35. The topological polar surface area (TPSA) is 84.2 Å². The maximum absolute atomic E-state index is 12.7. The number of alkyl halides is 3. The Bertz CT molecular complexity index is 489. The normalized spacial score (nSPS) is 11.0. The van der Waals surface area contributed by atoms with Gasteiger partial charge in [0, 0.05) is 13.1 Å². The number of rotatable bonds is 5. The molecule has 1 aromatic carbocycles. The Morgan fingerprint density at radius 3 is 2.40 bits per heavy atom. The van der Waals surface area contributed by atoms with Crippen molar-refractivity contribution in [2.75, 3.05) is 19.6 Å². The largest absolute Gasteiger partial charge is 0.417 e. The van der Waals surface area contributed by atoms with E-state index >= 15 is 0 Å². The first-order chi connectivity index (χ1) is 9.36.